The molecule has 2 fully saturated rings. The summed E-state index contributed by atoms with van der Waals surface area (Å²) in [6.07, 6.45) is 0.192. The fourth-order valence-electron chi connectivity index (χ4n) is 2.39. The molecule has 2 aliphatic heterocycles. The van der Waals surface area contributed by atoms with E-state index >= 15 is 0 Å². The Hall–Kier alpha value is -0.890. The molecule has 0 aliphatic carbocycles. The molecule has 2 saturated heterocycles. The van der Waals surface area contributed by atoms with Gasteiger partial charge in [0.2, 0.25) is 0 Å². The lowest BCUT2D eigenvalue weighted by Gasteiger charge is -2.35. The van der Waals surface area contributed by atoms with Gasteiger partial charge in [-0.15, -0.1) is 0 Å². The van der Waals surface area contributed by atoms with Crippen LogP contribution in [0.4, 0.5) is 0 Å². The van der Waals surface area contributed by atoms with Gasteiger partial charge in [-0.1, -0.05) is 0 Å². The van der Waals surface area contributed by atoms with E-state index in [-0.39, 0.29) is 12.2 Å². The number of hydrogen-bond donors (Lipinski definition) is 1. The van der Waals surface area contributed by atoms with Crippen LogP contribution < -0.4 is 5.32 Å². The Balaban J connectivity index is 1.78. The first-order chi connectivity index (χ1) is 9.83. The van der Waals surface area contributed by atoms with Crippen LogP contribution >= 0.6 is 0 Å². The minimum absolute atomic E-state index is 0.0938. The monoisotopic (exact) mass is 287 g/mol. The van der Waals surface area contributed by atoms with Crippen molar-refractivity contribution in [1.82, 2.24) is 10.2 Å². The molecule has 0 amide bonds. The second-order valence-electron chi connectivity index (χ2n) is 4.89. The standard InChI is InChI=1S/C13H25N3O4/c1-14-13(15-7-11-10-18-5-6-20-11)16-3-4-19-12(8-16)9-17-2/h11-12H,3-10H2,1-2H3,(H,14,15). The molecule has 2 rings (SSSR count). The van der Waals surface area contributed by atoms with Gasteiger partial charge in [0, 0.05) is 33.8 Å². The van der Waals surface area contributed by atoms with Crippen molar-refractivity contribution in [1.29, 1.82) is 0 Å². The maximum Gasteiger partial charge on any atom is 0.193 e. The molecule has 0 aromatic carbocycles. The van der Waals surface area contributed by atoms with E-state index in [1.165, 1.54) is 0 Å². The third-order valence-corrected chi connectivity index (χ3v) is 3.38. The van der Waals surface area contributed by atoms with Crippen LogP contribution in [0.25, 0.3) is 0 Å². The summed E-state index contributed by atoms with van der Waals surface area (Å²) in [6, 6.07) is 0. The van der Waals surface area contributed by atoms with Crippen molar-refractivity contribution in [2.45, 2.75) is 12.2 Å². The van der Waals surface area contributed by atoms with E-state index in [1.807, 2.05) is 0 Å². The van der Waals surface area contributed by atoms with Gasteiger partial charge in [0.25, 0.3) is 0 Å². The zero-order chi connectivity index (χ0) is 14.2. The van der Waals surface area contributed by atoms with E-state index in [4.69, 9.17) is 18.9 Å². The number of guanidine groups is 1. The molecule has 0 radical (unpaired) electrons. The van der Waals surface area contributed by atoms with Gasteiger partial charge < -0.3 is 29.2 Å². The molecule has 2 unspecified atom stereocenters. The average Bonchev–Trinajstić information content (AvgIpc) is 2.50. The Kier molecular flexibility index (Phi) is 6.52. The van der Waals surface area contributed by atoms with Crippen molar-refractivity contribution >= 4 is 5.96 Å². The van der Waals surface area contributed by atoms with Gasteiger partial charge in [0.1, 0.15) is 0 Å². The molecular formula is C13H25N3O4. The summed E-state index contributed by atoms with van der Waals surface area (Å²) in [6.45, 7) is 5.62. The number of methoxy groups -OCH3 is 1. The number of hydrogen-bond acceptors (Lipinski definition) is 5. The highest BCUT2D eigenvalue weighted by atomic mass is 16.6. The molecule has 7 nitrogen and oxygen atoms in total. The Morgan fingerprint density at radius 1 is 1.30 bits per heavy atom. The molecular weight excluding hydrogens is 262 g/mol. The average molecular weight is 287 g/mol. The Morgan fingerprint density at radius 3 is 2.85 bits per heavy atom. The summed E-state index contributed by atoms with van der Waals surface area (Å²) < 4.78 is 21.8. The smallest absolute Gasteiger partial charge is 0.193 e. The van der Waals surface area contributed by atoms with Crippen molar-refractivity contribution in [2.75, 3.05) is 66.8 Å². The van der Waals surface area contributed by atoms with E-state index in [9.17, 15) is 0 Å². The number of ether oxygens (including phenoxy) is 4. The molecule has 0 saturated carbocycles. The fraction of sp³-hybridized carbons (Fsp3) is 0.923. The first kappa shape index (κ1) is 15.5. The van der Waals surface area contributed by atoms with Crippen LogP contribution in [-0.2, 0) is 18.9 Å². The quantitative estimate of drug-likeness (QED) is 0.546. The second kappa shape index (κ2) is 8.41. The van der Waals surface area contributed by atoms with Crippen molar-refractivity contribution in [3.8, 4) is 0 Å². The van der Waals surface area contributed by atoms with Crippen LogP contribution in [0.5, 0.6) is 0 Å². The van der Waals surface area contributed by atoms with E-state index < -0.39 is 0 Å². The van der Waals surface area contributed by atoms with Crippen molar-refractivity contribution in [3.63, 3.8) is 0 Å². The number of nitrogens with one attached hydrogen (secondary N) is 1. The lowest BCUT2D eigenvalue weighted by Crippen LogP contribution is -2.53. The van der Waals surface area contributed by atoms with E-state index in [1.54, 1.807) is 14.2 Å². The summed E-state index contributed by atoms with van der Waals surface area (Å²) in [7, 11) is 3.48. The van der Waals surface area contributed by atoms with Crippen LogP contribution in [-0.4, -0.2) is 89.9 Å². The van der Waals surface area contributed by atoms with Crippen molar-refractivity contribution < 1.29 is 18.9 Å². The van der Waals surface area contributed by atoms with Crippen molar-refractivity contribution in [2.24, 2.45) is 4.99 Å². The van der Waals surface area contributed by atoms with Gasteiger partial charge in [0.05, 0.1) is 45.2 Å². The first-order valence-corrected chi connectivity index (χ1v) is 7.09. The van der Waals surface area contributed by atoms with E-state index in [0.717, 1.165) is 19.0 Å². The largest absolute Gasteiger partial charge is 0.382 e. The van der Waals surface area contributed by atoms with Crippen LogP contribution in [0.2, 0.25) is 0 Å². The molecule has 0 bridgehead atoms. The molecule has 20 heavy (non-hydrogen) atoms. The SMILES string of the molecule is CN=C(NCC1COCCO1)N1CCOC(COC)C1. The zero-order valence-electron chi connectivity index (χ0n) is 12.3. The summed E-state index contributed by atoms with van der Waals surface area (Å²) in [5.41, 5.74) is 0. The van der Waals surface area contributed by atoms with Gasteiger partial charge in [-0.05, 0) is 0 Å². The third kappa shape index (κ3) is 4.59. The van der Waals surface area contributed by atoms with Gasteiger partial charge in [-0.25, -0.2) is 0 Å². The van der Waals surface area contributed by atoms with Crippen molar-refractivity contribution in [3.05, 3.63) is 0 Å². The summed E-state index contributed by atoms with van der Waals surface area (Å²) in [5.74, 6) is 0.878. The molecule has 2 atom stereocenters. The maximum atomic E-state index is 5.64. The molecule has 0 aromatic rings. The molecule has 2 aliphatic rings. The number of nitrogens with zero attached hydrogens (tertiary/aromatic N) is 2. The molecule has 1 N–H and O–H groups in total. The Labute approximate surface area is 120 Å². The lowest BCUT2D eigenvalue weighted by atomic mass is 10.3. The number of aliphatic imine (C=N–C) groups is 1. The van der Waals surface area contributed by atoms with Gasteiger partial charge in [-0.3, -0.25) is 4.99 Å². The molecule has 0 aromatic heterocycles. The highest BCUT2D eigenvalue weighted by Gasteiger charge is 2.23. The summed E-state index contributed by atoms with van der Waals surface area (Å²) in [5, 5.41) is 3.35. The molecule has 116 valence electrons. The van der Waals surface area contributed by atoms with Crippen LogP contribution in [0.15, 0.2) is 4.99 Å². The summed E-state index contributed by atoms with van der Waals surface area (Å²) >= 11 is 0. The Morgan fingerprint density at radius 2 is 2.15 bits per heavy atom. The minimum Gasteiger partial charge on any atom is -0.382 e. The predicted molar refractivity (Wildman–Crippen MR) is 75.1 cm³/mol. The molecule has 2 heterocycles. The maximum absolute atomic E-state index is 5.64. The second-order valence-corrected chi connectivity index (χ2v) is 4.89. The molecule has 7 heteroatoms. The van der Waals surface area contributed by atoms with Crippen LogP contribution in [0.1, 0.15) is 0 Å². The number of morpholine rings is 1. The zero-order valence-corrected chi connectivity index (χ0v) is 12.3. The van der Waals surface area contributed by atoms with Gasteiger partial charge in [-0.2, -0.15) is 0 Å². The van der Waals surface area contributed by atoms with Gasteiger partial charge >= 0.3 is 0 Å². The Bertz CT molecular complexity index is 306. The lowest BCUT2D eigenvalue weighted by molar-refractivity contribution is -0.0855. The van der Waals surface area contributed by atoms with Crippen LogP contribution in [0, 0.1) is 0 Å². The minimum atomic E-state index is 0.0938. The van der Waals surface area contributed by atoms with E-state index in [0.29, 0.717) is 39.6 Å². The predicted octanol–water partition coefficient (Wildman–Crippen LogP) is -0.676. The number of rotatable bonds is 4. The topological polar surface area (TPSA) is 64.6 Å². The van der Waals surface area contributed by atoms with Crippen LogP contribution in [0.3, 0.4) is 0 Å². The summed E-state index contributed by atoms with van der Waals surface area (Å²) in [4.78, 5) is 6.52. The first-order valence-electron chi connectivity index (χ1n) is 7.09. The van der Waals surface area contributed by atoms with Gasteiger partial charge in [0.15, 0.2) is 5.96 Å². The molecule has 0 spiro atoms. The normalized spacial score (nSPS) is 28.5. The highest BCUT2D eigenvalue weighted by molar-refractivity contribution is 5.80. The third-order valence-electron chi connectivity index (χ3n) is 3.38. The fourth-order valence-corrected chi connectivity index (χ4v) is 2.39. The van der Waals surface area contributed by atoms with E-state index in [2.05, 4.69) is 15.2 Å². The highest BCUT2D eigenvalue weighted by Crippen LogP contribution is 2.06.